The summed E-state index contributed by atoms with van der Waals surface area (Å²) in [5.74, 6) is 1.01. The highest BCUT2D eigenvalue weighted by molar-refractivity contribution is 7.12. The second-order valence-corrected chi connectivity index (χ2v) is 4.52. The van der Waals surface area contributed by atoms with Crippen LogP contribution in [0.15, 0.2) is 11.4 Å². The van der Waals surface area contributed by atoms with Gasteiger partial charge in [-0.3, -0.25) is 4.79 Å². The molecule has 1 rings (SSSR count). The van der Waals surface area contributed by atoms with Gasteiger partial charge in [0.2, 0.25) is 0 Å². The Kier molecular flexibility index (Phi) is 7.00. The monoisotopic (exact) mass is 277 g/mol. The van der Waals surface area contributed by atoms with Crippen molar-refractivity contribution in [1.29, 1.82) is 0 Å². The molecule has 0 aromatic carbocycles. The zero-order valence-electron chi connectivity index (χ0n) is 9.70. The van der Waals surface area contributed by atoms with Gasteiger partial charge in [0.25, 0.3) is 5.91 Å². The van der Waals surface area contributed by atoms with E-state index in [4.69, 9.17) is 21.1 Å². The van der Waals surface area contributed by atoms with Crippen LogP contribution in [-0.2, 0) is 4.74 Å². The van der Waals surface area contributed by atoms with Crippen LogP contribution in [-0.4, -0.2) is 38.7 Å². The highest BCUT2D eigenvalue weighted by atomic mass is 35.5. The Morgan fingerprint density at radius 1 is 1.53 bits per heavy atom. The van der Waals surface area contributed by atoms with Crippen molar-refractivity contribution < 1.29 is 14.3 Å². The number of alkyl halides is 1. The lowest BCUT2D eigenvalue weighted by atomic mass is 10.4. The molecule has 0 bridgehead atoms. The molecule has 0 saturated carbocycles. The van der Waals surface area contributed by atoms with Crippen LogP contribution in [0.1, 0.15) is 16.1 Å². The minimum Gasteiger partial charge on any atom is -0.495 e. The molecule has 0 atom stereocenters. The minimum atomic E-state index is -0.103. The van der Waals surface area contributed by atoms with Crippen molar-refractivity contribution in [2.24, 2.45) is 0 Å². The van der Waals surface area contributed by atoms with Crippen molar-refractivity contribution >= 4 is 28.8 Å². The topological polar surface area (TPSA) is 47.6 Å². The van der Waals surface area contributed by atoms with E-state index in [1.165, 1.54) is 11.3 Å². The van der Waals surface area contributed by atoms with Crippen LogP contribution in [0.3, 0.4) is 0 Å². The molecule has 0 unspecified atom stereocenters. The van der Waals surface area contributed by atoms with Gasteiger partial charge < -0.3 is 14.8 Å². The Morgan fingerprint density at radius 2 is 2.35 bits per heavy atom. The van der Waals surface area contributed by atoms with Crippen molar-refractivity contribution in [3.05, 3.63) is 16.3 Å². The molecular formula is C11H16ClNO3S. The van der Waals surface area contributed by atoms with E-state index in [-0.39, 0.29) is 5.91 Å². The van der Waals surface area contributed by atoms with E-state index in [0.29, 0.717) is 36.3 Å². The van der Waals surface area contributed by atoms with Gasteiger partial charge in [-0.2, -0.15) is 0 Å². The maximum Gasteiger partial charge on any atom is 0.265 e. The fraction of sp³-hybridized carbons (Fsp3) is 0.545. The number of hydrogen-bond donors (Lipinski definition) is 1. The number of carbonyl (C=O) groups excluding carboxylic acids is 1. The zero-order valence-corrected chi connectivity index (χ0v) is 11.3. The van der Waals surface area contributed by atoms with Gasteiger partial charge in [0, 0.05) is 19.0 Å². The number of ether oxygens (including phenoxy) is 2. The average Bonchev–Trinajstić information content (AvgIpc) is 2.81. The standard InChI is InChI=1S/C11H16ClNO3S/c1-15-9-3-8-17-10(9)11(14)13-5-2-6-16-7-4-12/h3,8H,2,4-7H2,1H3,(H,13,14). The molecule has 0 saturated heterocycles. The van der Waals surface area contributed by atoms with Gasteiger partial charge in [0.05, 0.1) is 13.7 Å². The van der Waals surface area contributed by atoms with Gasteiger partial charge in [-0.25, -0.2) is 0 Å². The Morgan fingerprint density at radius 3 is 3.06 bits per heavy atom. The van der Waals surface area contributed by atoms with E-state index in [2.05, 4.69) is 5.32 Å². The summed E-state index contributed by atoms with van der Waals surface area (Å²) in [6.45, 7) is 1.74. The smallest absolute Gasteiger partial charge is 0.265 e. The lowest BCUT2D eigenvalue weighted by molar-refractivity contribution is 0.0946. The summed E-state index contributed by atoms with van der Waals surface area (Å²) in [6, 6.07) is 1.78. The van der Waals surface area contributed by atoms with Crippen molar-refractivity contribution in [1.82, 2.24) is 5.32 Å². The van der Waals surface area contributed by atoms with Gasteiger partial charge >= 0.3 is 0 Å². The maximum absolute atomic E-state index is 11.7. The summed E-state index contributed by atoms with van der Waals surface area (Å²) < 4.78 is 10.3. The molecule has 0 fully saturated rings. The lowest BCUT2D eigenvalue weighted by Crippen LogP contribution is -2.24. The predicted molar refractivity (Wildman–Crippen MR) is 69.4 cm³/mol. The van der Waals surface area contributed by atoms with Crippen LogP contribution >= 0.6 is 22.9 Å². The Labute approximate surface area is 110 Å². The number of carbonyl (C=O) groups is 1. The van der Waals surface area contributed by atoms with Crippen molar-refractivity contribution in [3.8, 4) is 5.75 Å². The number of nitrogens with one attached hydrogen (secondary N) is 1. The molecule has 6 heteroatoms. The number of amides is 1. The second-order valence-electron chi connectivity index (χ2n) is 3.23. The summed E-state index contributed by atoms with van der Waals surface area (Å²) >= 11 is 6.83. The molecule has 96 valence electrons. The number of methoxy groups -OCH3 is 1. The SMILES string of the molecule is COc1ccsc1C(=O)NCCCOCCCl. The van der Waals surface area contributed by atoms with Gasteiger partial charge in [0.15, 0.2) is 0 Å². The number of halogens is 1. The Balaban J connectivity index is 2.21. The minimum absolute atomic E-state index is 0.103. The van der Waals surface area contributed by atoms with E-state index < -0.39 is 0 Å². The van der Waals surface area contributed by atoms with Crippen LogP contribution in [0.4, 0.5) is 0 Å². The molecule has 1 aromatic rings. The normalized spacial score (nSPS) is 10.2. The van der Waals surface area contributed by atoms with Crippen LogP contribution in [0.2, 0.25) is 0 Å². The van der Waals surface area contributed by atoms with Crippen LogP contribution in [0, 0.1) is 0 Å². The van der Waals surface area contributed by atoms with E-state index in [1.54, 1.807) is 13.2 Å². The first-order chi connectivity index (χ1) is 8.29. The highest BCUT2D eigenvalue weighted by Gasteiger charge is 2.12. The maximum atomic E-state index is 11.7. The molecule has 1 amide bonds. The van der Waals surface area contributed by atoms with Crippen molar-refractivity contribution in [2.75, 3.05) is 32.7 Å². The third kappa shape index (κ3) is 4.93. The fourth-order valence-corrected chi connectivity index (χ4v) is 2.12. The number of rotatable bonds is 8. The lowest BCUT2D eigenvalue weighted by Gasteiger charge is -2.05. The first-order valence-electron chi connectivity index (χ1n) is 5.33. The van der Waals surface area contributed by atoms with Crippen LogP contribution in [0.5, 0.6) is 5.75 Å². The van der Waals surface area contributed by atoms with Crippen molar-refractivity contribution in [3.63, 3.8) is 0 Å². The van der Waals surface area contributed by atoms with Crippen molar-refractivity contribution in [2.45, 2.75) is 6.42 Å². The number of thiophene rings is 1. The fourth-order valence-electron chi connectivity index (χ4n) is 1.24. The highest BCUT2D eigenvalue weighted by Crippen LogP contribution is 2.23. The second kappa shape index (κ2) is 8.33. The molecule has 0 aliphatic heterocycles. The predicted octanol–water partition coefficient (Wildman–Crippen LogP) is 2.13. The molecule has 4 nitrogen and oxygen atoms in total. The first-order valence-corrected chi connectivity index (χ1v) is 6.74. The summed E-state index contributed by atoms with van der Waals surface area (Å²) in [5, 5.41) is 4.65. The summed E-state index contributed by atoms with van der Waals surface area (Å²) in [6.07, 6.45) is 0.774. The molecule has 0 aliphatic carbocycles. The molecule has 1 aromatic heterocycles. The van der Waals surface area contributed by atoms with E-state index in [9.17, 15) is 4.79 Å². The molecule has 0 aliphatic rings. The van der Waals surface area contributed by atoms with Crippen LogP contribution < -0.4 is 10.1 Å². The van der Waals surface area contributed by atoms with E-state index in [0.717, 1.165) is 6.42 Å². The van der Waals surface area contributed by atoms with E-state index >= 15 is 0 Å². The molecular weight excluding hydrogens is 262 g/mol. The number of hydrogen-bond acceptors (Lipinski definition) is 4. The zero-order chi connectivity index (χ0) is 12.5. The molecule has 0 radical (unpaired) electrons. The molecule has 0 spiro atoms. The van der Waals surface area contributed by atoms with Gasteiger partial charge in [-0.1, -0.05) is 0 Å². The Hall–Kier alpha value is -0.780. The first kappa shape index (κ1) is 14.3. The average molecular weight is 278 g/mol. The summed E-state index contributed by atoms with van der Waals surface area (Å²) in [7, 11) is 1.55. The third-order valence-electron chi connectivity index (χ3n) is 2.03. The molecule has 17 heavy (non-hydrogen) atoms. The molecule has 1 heterocycles. The third-order valence-corrected chi connectivity index (χ3v) is 3.08. The Bertz CT molecular complexity index is 343. The molecule has 1 N–H and O–H groups in total. The largest absolute Gasteiger partial charge is 0.495 e. The van der Waals surface area contributed by atoms with Gasteiger partial charge in [0.1, 0.15) is 10.6 Å². The van der Waals surface area contributed by atoms with Gasteiger partial charge in [-0.05, 0) is 17.9 Å². The van der Waals surface area contributed by atoms with Crippen LogP contribution in [0.25, 0.3) is 0 Å². The summed E-state index contributed by atoms with van der Waals surface area (Å²) in [4.78, 5) is 12.3. The van der Waals surface area contributed by atoms with Gasteiger partial charge in [-0.15, -0.1) is 22.9 Å². The summed E-state index contributed by atoms with van der Waals surface area (Å²) in [5.41, 5.74) is 0. The van der Waals surface area contributed by atoms with E-state index in [1.807, 2.05) is 5.38 Å². The quantitative estimate of drug-likeness (QED) is 0.585.